The number of aromatic carboxylic acids is 1. The first-order valence-corrected chi connectivity index (χ1v) is 8.61. The fourth-order valence-corrected chi connectivity index (χ4v) is 3.40. The predicted octanol–water partition coefficient (Wildman–Crippen LogP) is 1.77. The Morgan fingerprint density at radius 2 is 2.05 bits per heavy atom. The van der Waals surface area contributed by atoms with E-state index < -0.39 is 16.0 Å². The van der Waals surface area contributed by atoms with E-state index in [2.05, 4.69) is 20.7 Å². The maximum absolute atomic E-state index is 12.2. The van der Waals surface area contributed by atoms with E-state index in [0.29, 0.717) is 10.9 Å². The average molecular weight is 379 g/mol. The van der Waals surface area contributed by atoms with Crippen LogP contribution in [0.25, 0.3) is 0 Å². The molecule has 0 radical (unpaired) electrons. The zero-order valence-corrected chi connectivity index (χ0v) is 14.5. The molecule has 0 aromatic heterocycles. The first-order chi connectivity index (χ1) is 9.63. The molecule has 0 saturated carbocycles. The topological polar surface area (TPSA) is 86.7 Å². The molecule has 0 aliphatic heterocycles. The number of nitrogens with one attached hydrogen (secondary N) is 1. The number of hydrogen-bond donors (Lipinski definition) is 2. The fraction of sp³-hybridized carbons (Fsp3) is 0.462. The molecule has 0 heterocycles. The summed E-state index contributed by atoms with van der Waals surface area (Å²) >= 11 is 3.09. The van der Waals surface area contributed by atoms with Gasteiger partial charge in [-0.05, 0) is 68.1 Å². The lowest BCUT2D eigenvalue weighted by Crippen LogP contribution is -2.34. The van der Waals surface area contributed by atoms with Gasteiger partial charge in [-0.2, -0.15) is 0 Å². The van der Waals surface area contributed by atoms with Crippen molar-refractivity contribution in [2.24, 2.45) is 0 Å². The Morgan fingerprint density at radius 1 is 1.43 bits per heavy atom. The van der Waals surface area contributed by atoms with E-state index in [1.807, 2.05) is 19.0 Å². The van der Waals surface area contributed by atoms with Crippen molar-refractivity contribution >= 4 is 31.9 Å². The van der Waals surface area contributed by atoms with Gasteiger partial charge >= 0.3 is 5.97 Å². The van der Waals surface area contributed by atoms with Crippen LogP contribution in [-0.2, 0) is 10.0 Å². The molecule has 21 heavy (non-hydrogen) atoms. The van der Waals surface area contributed by atoms with Gasteiger partial charge in [0.05, 0.1) is 10.5 Å². The van der Waals surface area contributed by atoms with Crippen LogP contribution in [0.4, 0.5) is 0 Å². The van der Waals surface area contributed by atoms with E-state index >= 15 is 0 Å². The molecule has 0 spiro atoms. The van der Waals surface area contributed by atoms with Crippen LogP contribution in [0.5, 0.6) is 0 Å². The maximum atomic E-state index is 12.2. The minimum atomic E-state index is -3.73. The number of benzene rings is 1. The van der Waals surface area contributed by atoms with Gasteiger partial charge in [-0.1, -0.05) is 0 Å². The van der Waals surface area contributed by atoms with E-state index in [9.17, 15) is 13.2 Å². The van der Waals surface area contributed by atoms with Crippen LogP contribution >= 0.6 is 15.9 Å². The molecule has 1 unspecified atom stereocenters. The molecule has 0 aliphatic rings. The number of sulfonamides is 1. The Balaban J connectivity index is 2.93. The minimum Gasteiger partial charge on any atom is -0.478 e. The number of carboxylic acids is 1. The van der Waals surface area contributed by atoms with Crippen LogP contribution in [0.1, 0.15) is 23.7 Å². The van der Waals surface area contributed by atoms with Crippen molar-refractivity contribution in [2.75, 3.05) is 20.6 Å². The first kappa shape index (κ1) is 18.1. The van der Waals surface area contributed by atoms with Crippen molar-refractivity contribution in [3.05, 3.63) is 28.2 Å². The lowest BCUT2D eigenvalue weighted by Gasteiger charge is -2.17. The van der Waals surface area contributed by atoms with Gasteiger partial charge in [0.15, 0.2) is 0 Å². The van der Waals surface area contributed by atoms with Gasteiger partial charge < -0.3 is 10.0 Å². The second-order valence-electron chi connectivity index (χ2n) is 5.06. The number of rotatable bonds is 7. The molecular formula is C13H19BrN2O4S. The highest BCUT2D eigenvalue weighted by molar-refractivity contribution is 9.10. The second kappa shape index (κ2) is 7.35. The Morgan fingerprint density at radius 3 is 2.57 bits per heavy atom. The lowest BCUT2D eigenvalue weighted by atomic mass is 10.2. The standard InChI is InChI=1S/C13H19BrN2O4S/c1-9(6-7-16(2)3)15-21(19,20)10-4-5-12(14)11(8-10)13(17)18/h4-5,8-9,15H,6-7H2,1-3H3,(H,17,18). The molecule has 6 nitrogen and oxygen atoms in total. The summed E-state index contributed by atoms with van der Waals surface area (Å²) in [4.78, 5) is 13.0. The third-order valence-electron chi connectivity index (χ3n) is 2.84. The normalized spacial score (nSPS) is 13.4. The van der Waals surface area contributed by atoms with Crippen molar-refractivity contribution in [3.63, 3.8) is 0 Å². The third-order valence-corrected chi connectivity index (χ3v) is 5.12. The molecular weight excluding hydrogens is 360 g/mol. The number of nitrogens with zero attached hydrogens (tertiary/aromatic N) is 1. The van der Waals surface area contributed by atoms with Crippen molar-refractivity contribution in [1.29, 1.82) is 0 Å². The van der Waals surface area contributed by atoms with Crippen LogP contribution in [0.2, 0.25) is 0 Å². The molecule has 0 bridgehead atoms. The summed E-state index contributed by atoms with van der Waals surface area (Å²) < 4.78 is 27.4. The van der Waals surface area contributed by atoms with Crippen molar-refractivity contribution in [2.45, 2.75) is 24.3 Å². The maximum Gasteiger partial charge on any atom is 0.336 e. The zero-order valence-electron chi connectivity index (χ0n) is 12.1. The quantitative estimate of drug-likeness (QED) is 0.754. The van der Waals surface area contributed by atoms with Gasteiger partial charge in [0, 0.05) is 10.5 Å². The number of hydrogen-bond acceptors (Lipinski definition) is 4. The third kappa shape index (κ3) is 5.39. The summed E-state index contributed by atoms with van der Waals surface area (Å²) in [5, 5.41) is 9.03. The van der Waals surface area contributed by atoms with Crippen molar-refractivity contribution in [3.8, 4) is 0 Å². The molecule has 0 saturated heterocycles. The van der Waals surface area contributed by atoms with Crippen LogP contribution in [0.15, 0.2) is 27.6 Å². The highest BCUT2D eigenvalue weighted by atomic mass is 79.9. The molecule has 0 fully saturated rings. The Kier molecular flexibility index (Phi) is 6.33. The van der Waals surface area contributed by atoms with Gasteiger partial charge in [0.1, 0.15) is 0 Å². The highest BCUT2D eigenvalue weighted by Gasteiger charge is 2.20. The smallest absolute Gasteiger partial charge is 0.336 e. The molecule has 1 aromatic carbocycles. The summed E-state index contributed by atoms with van der Waals surface area (Å²) in [7, 11) is 0.0907. The Labute approximate surface area is 133 Å². The zero-order chi connectivity index (χ0) is 16.2. The SMILES string of the molecule is CC(CCN(C)C)NS(=O)(=O)c1ccc(Br)c(C(=O)O)c1. The number of carboxylic acid groups (broad SMARTS) is 1. The minimum absolute atomic E-state index is 0.0557. The van der Waals surface area contributed by atoms with Gasteiger partial charge in [0.25, 0.3) is 0 Å². The second-order valence-corrected chi connectivity index (χ2v) is 7.63. The van der Waals surface area contributed by atoms with Gasteiger partial charge in [0.2, 0.25) is 10.0 Å². The monoisotopic (exact) mass is 378 g/mol. The predicted molar refractivity (Wildman–Crippen MR) is 84.1 cm³/mol. The molecule has 1 rings (SSSR count). The van der Waals surface area contributed by atoms with Gasteiger partial charge in [-0.25, -0.2) is 17.9 Å². The average Bonchev–Trinajstić information content (AvgIpc) is 2.35. The van der Waals surface area contributed by atoms with Crippen LogP contribution in [0, 0.1) is 0 Å². The molecule has 0 aliphatic carbocycles. The first-order valence-electron chi connectivity index (χ1n) is 6.33. The summed E-state index contributed by atoms with van der Waals surface area (Å²) in [6.07, 6.45) is 0.661. The summed E-state index contributed by atoms with van der Waals surface area (Å²) in [6, 6.07) is 3.70. The van der Waals surface area contributed by atoms with E-state index in [4.69, 9.17) is 5.11 Å². The van der Waals surface area contributed by atoms with Gasteiger partial charge in [-0.15, -0.1) is 0 Å². The lowest BCUT2D eigenvalue weighted by molar-refractivity contribution is 0.0695. The van der Waals surface area contributed by atoms with Gasteiger partial charge in [-0.3, -0.25) is 0 Å². The van der Waals surface area contributed by atoms with Crippen LogP contribution < -0.4 is 4.72 Å². The molecule has 1 aromatic rings. The van der Waals surface area contributed by atoms with Crippen molar-refractivity contribution < 1.29 is 18.3 Å². The van der Waals surface area contributed by atoms with E-state index in [1.54, 1.807) is 6.92 Å². The highest BCUT2D eigenvalue weighted by Crippen LogP contribution is 2.21. The Hall–Kier alpha value is -0.960. The molecule has 2 N–H and O–H groups in total. The summed E-state index contributed by atoms with van der Waals surface area (Å²) in [5.41, 5.74) is -0.0844. The van der Waals surface area contributed by atoms with E-state index in [-0.39, 0.29) is 16.5 Å². The Bertz CT molecular complexity index is 617. The number of carbonyl (C=O) groups is 1. The van der Waals surface area contributed by atoms with E-state index in [0.717, 1.165) is 12.6 Å². The summed E-state index contributed by atoms with van der Waals surface area (Å²) in [5.74, 6) is -1.18. The fourth-order valence-electron chi connectivity index (χ4n) is 1.68. The van der Waals surface area contributed by atoms with E-state index in [1.165, 1.54) is 12.1 Å². The van der Waals surface area contributed by atoms with Crippen LogP contribution in [0.3, 0.4) is 0 Å². The molecule has 0 amide bonds. The van der Waals surface area contributed by atoms with Crippen LogP contribution in [-0.4, -0.2) is 51.1 Å². The molecule has 118 valence electrons. The molecule has 1 atom stereocenters. The van der Waals surface area contributed by atoms with Crippen molar-refractivity contribution in [1.82, 2.24) is 9.62 Å². The number of halogens is 1. The largest absolute Gasteiger partial charge is 0.478 e. The summed E-state index contributed by atoms with van der Waals surface area (Å²) in [6.45, 7) is 2.53. The molecule has 8 heteroatoms.